The van der Waals surface area contributed by atoms with Crippen LogP contribution in [0.15, 0.2) is 0 Å². The van der Waals surface area contributed by atoms with Crippen molar-refractivity contribution in [1.29, 1.82) is 0 Å². The molecule has 2 nitrogen and oxygen atoms in total. The summed E-state index contributed by atoms with van der Waals surface area (Å²) in [5.41, 5.74) is 0. The Hall–Kier alpha value is -0.0800. The fourth-order valence-corrected chi connectivity index (χ4v) is 1.50. The Labute approximate surface area is 75.7 Å². The van der Waals surface area contributed by atoms with Gasteiger partial charge in [0.25, 0.3) is 0 Å². The minimum atomic E-state index is 0.510. The molecule has 0 bridgehead atoms. The summed E-state index contributed by atoms with van der Waals surface area (Å²) in [6, 6.07) is 0.510. The molecule has 0 aromatic carbocycles. The van der Waals surface area contributed by atoms with Gasteiger partial charge in [-0.1, -0.05) is 32.6 Å². The number of morpholine rings is 1. The highest BCUT2D eigenvalue weighted by Gasteiger charge is 2.12. The zero-order chi connectivity index (χ0) is 8.65. The quantitative estimate of drug-likeness (QED) is 0.638. The van der Waals surface area contributed by atoms with E-state index in [4.69, 9.17) is 4.74 Å². The van der Waals surface area contributed by atoms with Gasteiger partial charge < -0.3 is 10.1 Å². The van der Waals surface area contributed by atoms with Crippen LogP contribution in [0.5, 0.6) is 0 Å². The van der Waals surface area contributed by atoms with Crippen molar-refractivity contribution in [3.05, 3.63) is 6.61 Å². The van der Waals surface area contributed by atoms with E-state index in [0.717, 1.165) is 13.2 Å². The largest absolute Gasteiger partial charge is 0.373 e. The molecule has 0 aliphatic carbocycles. The van der Waals surface area contributed by atoms with Gasteiger partial charge >= 0.3 is 0 Å². The number of nitrogens with one attached hydrogen (secondary N) is 1. The summed E-state index contributed by atoms with van der Waals surface area (Å²) in [5, 5.41) is 3.42. The van der Waals surface area contributed by atoms with Crippen LogP contribution in [0, 0.1) is 6.61 Å². The normalized spacial score (nSPS) is 24.2. The second-order valence-corrected chi connectivity index (χ2v) is 3.42. The van der Waals surface area contributed by atoms with Crippen molar-refractivity contribution in [2.45, 2.75) is 45.1 Å². The molecule has 1 rings (SSSR count). The molecule has 1 aliphatic rings. The molecule has 12 heavy (non-hydrogen) atoms. The second-order valence-electron chi connectivity index (χ2n) is 3.42. The number of hydrogen-bond acceptors (Lipinski definition) is 2. The second kappa shape index (κ2) is 6.44. The third kappa shape index (κ3) is 4.07. The van der Waals surface area contributed by atoms with Crippen molar-refractivity contribution in [3.63, 3.8) is 0 Å². The van der Waals surface area contributed by atoms with E-state index in [0.29, 0.717) is 6.04 Å². The molecular formula is C10H20NO. The number of hydrogen-bond donors (Lipinski definition) is 1. The molecule has 1 atom stereocenters. The topological polar surface area (TPSA) is 21.3 Å². The van der Waals surface area contributed by atoms with Crippen LogP contribution in [0.1, 0.15) is 39.0 Å². The van der Waals surface area contributed by atoms with Gasteiger partial charge in [0.05, 0.1) is 6.61 Å². The molecule has 0 spiro atoms. The zero-order valence-corrected chi connectivity index (χ0v) is 8.01. The Kier molecular flexibility index (Phi) is 5.37. The predicted molar refractivity (Wildman–Crippen MR) is 50.8 cm³/mol. The molecule has 1 unspecified atom stereocenters. The third-order valence-electron chi connectivity index (χ3n) is 2.26. The molecule has 1 fully saturated rings. The first-order valence-electron chi connectivity index (χ1n) is 5.12. The van der Waals surface area contributed by atoms with E-state index in [9.17, 15) is 0 Å². The van der Waals surface area contributed by atoms with Crippen LogP contribution >= 0.6 is 0 Å². The summed E-state index contributed by atoms with van der Waals surface area (Å²) in [4.78, 5) is 0. The van der Waals surface area contributed by atoms with Crippen LogP contribution in [0.3, 0.4) is 0 Å². The van der Waals surface area contributed by atoms with Crippen LogP contribution in [0.2, 0.25) is 0 Å². The predicted octanol–water partition coefficient (Wildman–Crippen LogP) is 2.11. The maximum Gasteiger partial charge on any atom is 0.100 e. The van der Waals surface area contributed by atoms with Gasteiger partial charge in [-0.2, -0.15) is 0 Å². The van der Waals surface area contributed by atoms with Crippen molar-refractivity contribution >= 4 is 0 Å². The summed E-state index contributed by atoms with van der Waals surface area (Å²) >= 11 is 0. The summed E-state index contributed by atoms with van der Waals surface area (Å²) in [6.45, 7) is 6.05. The summed E-state index contributed by atoms with van der Waals surface area (Å²) in [6.07, 6.45) is 6.61. The maximum absolute atomic E-state index is 5.25. The van der Waals surface area contributed by atoms with Crippen molar-refractivity contribution in [2.24, 2.45) is 0 Å². The van der Waals surface area contributed by atoms with Crippen molar-refractivity contribution < 1.29 is 4.74 Å². The molecule has 0 saturated carbocycles. The lowest BCUT2D eigenvalue weighted by Gasteiger charge is -2.22. The molecule has 0 amide bonds. The molecule has 1 N–H and O–H groups in total. The van der Waals surface area contributed by atoms with Crippen LogP contribution in [-0.4, -0.2) is 19.2 Å². The van der Waals surface area contributed by atoms with Gasteiger partial charge in [0.1, 0.15) is 6.61 Å². The van der Waals surface area contributed by atoms with Crippen molar-refractivity contribution in [1.82, 2.24) is 5.32 Å². The lowest BCUT2D eigenvalue weighted by Crippen LogP contribution is -2.37. The Morgan fingerprint density at radius 3 is 3.00 bits per heavy atom. The molecule has 1 heterocycles. The average molecular weight is 170 g/mol. The fourth-order valence-electron chi connectivity index (χ4n) is 1.50. The molecule has 0 aromatic rings. The lowest BCUT2D eigenvalue weighted by molar-refractivity contribution is 0.133. The van der Waals surface area contributed by atoms with Gasteiger partial charge in [-0.3, -0.25) is 0 Å². The highest BCUT2D eigenvalue weighted by Crippen LogP contribution is 2.09. The molecule has 71 valence electrons. The minimum absolute atomic E-state index is 0.510. The number of ether oxygens (including phenoxy) is 1. The van der Waals surface area contributed by atoms with Crippen LogP contribution in [0.4, 0.5) is 0 Å². The van der Waals surface area contributed by atoms with Crippen molar-refractivity contribution in [2.75, 3.05) is 13.2 Å². The molecule has 1 radical (unpaired) electrons. The van der Waals surface area contributed by atoms with Gasteiger partial charge in [0, 0.05) is 12.6 Å². The summed E-state index contributed by atoms with van der Waals surface area (Å²) < 4.78 is 5.25. The average Bonchev–Trinajstić information content (AvgIpc) is 2.14. The standard InChI is InChI=1S/C10H20NO/c1-2-3-4-5-6-10-9-12-8-7-11-10/h9-11H,2-8H2,1H3. The molecule has 0 aromatic heterocycles. The highest BCUT2D eigenvalue weighted by atomic mass is 16.5. The van der Waals surface area contributed by atoms with Crippen molar-refractivity contribution in [3.8, 4) is 0 Å². The van der Waals surface area contributed by atoms with Crippen LogP contribution in [-0.2, 0) is 4.74 Å². The van der Waals surface area contributed by atoms with Gasteiger partial charge in [0.2, 0.25) is 0 Å². The molecule has 2 heteroatoms. The van der Waals surface area contributed by atoms with E-state index in [1.807, 2.05) is 6.61 Å². The van der Waals surface area contributed by atoms with Gasteiger partial charge in [-0.25, -0.2) is 0 Å². The van der Waals surface area contributed by atoms with E-state index in [-0.39, 0.29) is 0 Å². The first-order valence-corrected chi connectivity index (χ1v) is 5.12. The first kappa shape index (κ1) is 10.0. The highest BCUT2D eigenvalue weighted by molar-refractivity contribution is 4.78. The Bertz CT molecular complexity index is 100. The Morgan fingerprint density at radius 1 is 1.42 bits per heavy atom. The summed E-state index contributed by atoms with van der Waals surface area (Å²) in [7, 11) is 0. The first-order chi connectivity index (χ1) is 5.93. The van der Waals surface area contributed by atoms with Crippen LogP contribution < -0.4 is 5.32 Å². The Balaban J connectivity index is 1.91. The zero-order valence-electron chi connectivity index (χ0n) is 8.01. The van der Waals surface area contributed by atoms with Crippen LogP contribution in [0.25, 0.3) is 0 Å². The number of rotatable bonds is 5. The lowest BCUT2D eigenvalue weighted by atomic mass is 10.1. The van der Waals surface area contributed by atoms with Gasteiger partial charge in [-0.05, 0) is 6.42 Å². The van der Waals surface area contributed by atoms with E-state index < -0.39 is 0 Å². The smallest absolute Gasteiger partial charge is 0.100 e. The monoisotopic (exact) mass is 170 g/mol. The molecular weight excluding hydrogens is 150 g/mol. The van der Waals surface area contributed by atoms with Gasteiger partial charge in [-0.15, -0.1) is 0 Å². The van der Waals surface area contributed by atoms with E-state index in [1.165, 1.54) is 32.1 Å². The number of unbranched alkanes of at least 4 members (excludes halogenated alkanes) is 3. The van der Waals surface area contributed by atoms with Gasteiger partial charge in [0.15, 0.2) is 0 Å². The molecule has 1 aliphatic heterocycles. The minimum Gasteiger partial charge on any atom is -0.373 e. The SMILES string of the molecule is CCCCCCC1[CH]OCCN1. The third-order valence-corrected chi connectivity index (χ3v) is 2.26. The van der Waals surface area contributed by atoms with E-state index in [1.54, 1.807) is 0 Å². The van der Waals surface area contributed by atoms with E-state index in [2.05, 4.69) is 12.2 Å². The molecule has 1 saturated heterocycles. The summed E-state index contributed by atoms with van der Waals surface area (Å²) in [5.74, 6) is 0. The Morgan fingerprint density at radius 2 is 2.33 bits per heavy atom. The fraction of sp³-hybridized carbons (Fsp3) is 0.900. The van der Waals surface area contributed by atoms with E-state index >= 15 is 0 Å². The maximum atomic E-state index is 5.25.